The smallest absolute Gasteiger partial charge is 0.265 e. The second-order valence-corrected chi connectivity index (χ2v) is 3.93. The number of hydrogen-bond acceptors (Lipinski definition) is 2. The molecule has 1 atom stereocenters. The summed E-state index contributed by atoms with van der Waals surface area (Å²) >= 11 is 0. The van der Waals surface area contributed by atoms with Gasteiger partial charge in [-0.25, -0.2) is 8.78 Å². The molecule has 2 rings (SSSR count). The molecule has 0 aliphatic rings. The summed E-state index contributed by atoms with van der Waals surface area (Å²) in [5.74, 6) is 0. The van der Waals surface area contributed by atoms with Gasteiger partial charge < -0.3 is 15.4 Å². The van der Waals surface area contributed by atoms with Crippen LogP contribution in [0.3, 0.4) is 0 Å². The Labute approximate surface area is 97.5 Å². The van der Waals surface area contributed by atoms with Crippen molar-refractivity contribution in [3.8, 4) is 0 Å². The Hall–Kier alpha value is -1.46. The molecule has 0 saturated heterocycles. The van der Waals surface area contributed by atoms with E-state index < -0.39 is 12.5 Å². The van der Waals surface area contributed by atoms with E-state index in [4.69, 9.17) is 5.11 Å². The first-order valence-electron chi connectivity index (χ1n) is 5.40. The lowest BCUT2D eigenvalue weighted by Gasteiger charge is -2.10. The molecule has 0 bridgehead atoms. The van der Waals surface area contributed by atoms with Crippen LogP contribution in [0.2, 0.25) is 0 Å². The summed E-state index contributed by atoms with van der Waals surface area (Å²) in [6.07, 6.45) is -2.46. The van der Waals surface area contributed by atoms with Crippen LogP contribution >= 0.6 is 0 Å². The van der Waals surface area contributed by atoms with Crippen molar-refractivity contribution in [3.05, 3.63) is 36.0 Å². The SMILES string of the molecule is OC(CNCc1ccc2[nH]ccc2c1)C(F)F. The molecule has 3 nitrogen and oxygen atoms in total. The summed E-state index contributed by atoms with van der Waals surface area (Å²) < 4.78 is 24.1. The summed E-state index contributed by atoms with van der Waals surface area (Å²) in [7, 11) is 0. The Balaban J connectivity index is 1.90. The minimum Gasteiger partial charge on any atom is -0.386 e. The van der Waals surface area contributed by atoms with Gasteiger partial charge in [-0.2, -0.15) is 0 Å². The van der Waals surface area contributed by atoms with Gasteiger partial charge >= 0.3 is 0 Å². The number of aliphatic hydroxyl groups excluding tert-OH is 1. The second-order valence-electron chi connectivity index (χ2n) is 3.93. The van der Waals surface area contributed by atoms with Crippen LogP contribution in [-0.4, -0.2) is 29.2 Å². The van der Waals surface area contributed by atoms with Crippen LogP contribution in [0.5, 0.6) is 0 Å². The largest absolute Gasteiger partial charge is 0.386 e. The number of nitrogens with one attached hydrogen (secondary N) is 2. The number of aliphatic hydroxyl groups is 1. The van der Waals surface area contributed by atoms with E-state index in [0.717, 1.165) is 16.5 Å². The summed E-state index contributed by atoms with van der Waals surface area (Å²) in [4.78, 5) is 3.08. The zero-order valence-electron chi connectivity index (χ0n) is 9.16. The Kier molecular flexibility index (Phi) is 3.71. The lowest BCUT2D eigenvalue weighted by Crippen LogP contribution is -2.31. The van der Waals surface area contributed by atoms with Crippen molar-refractivity contribution in [2.24, 2.45) is 0 Å². The van der Waals surface area contributed by atoms with Crippen LogP contribution in [0.4, 0.5) is 8.78 Å². The van der Waals surface area contributed by atoms with Crippen molar-refractivity contribution in [3.63, 3.8) is 0 Å². The molecule has 5 heteroatoms. The van der Waals surface area contributed by atoms with Crippen LogP contribution in [-0.2, 0) is 6.54 Å². The molecule has 1 aromatic carbocycles. The molecular weight excluding hydrogens is 226 g/mol. The van der Waals surface area contributed by atoms with E-state index in [0.29, 0.717) is 6.54 Å². The third-order valence-electron chi connectivity index (χ3n) is 2.59. The van der Waals surface area contributed by atoms with Gasteiger partial charge in [0.1, 0.15) is 6.10 Å². The van der Waals surface area contributed by atoms with Gasteiger partial charge in [-0.15, -0.1) is 0 Å². The maximum absolute atomic E-state index is 12.0. The number of aromatic nitrogens is 1. The fourth-order valence-electron chi connectivity index (χ4n) is 1.67. The van der Waals surface area contributed by atoms with Crippen LogP contribution in [0.25, 0.3) is 10.9 Å². The average molecular weight is 240 g/mol. The minimum atomic E-state index is -2.70. The topological polar surface area (TPSA) is 48.0 Å². The van der Waals surface area contributed by atoms with Gasteiger partial charge in [0.15, 0.2) is 0 Å². The average Bonchev–Trinajstić information content (AvgIpc) is 2.75. The predicted molar refractivity (Wildman–Crippen MR) is 62.0 cm³/mol. The second kappa shape index (κ2) is 5.25. The van der Waals surface area contributed by atoms with Crippen LogP contribution in [0, 0.1) is 0 Å². The van der Waals surface area contributed by atoms with Gasteiger partial charge in [-0.05, 0) is 29.1 Å². The first-order valence-corrected chi connectivity index (χ1v) is 5.40. The molecular formula is C12H14F2N2O. The Bertz CT molecular complexity index is 484. The van der Waals surface area contributed by atoms with Crippen molar-refractivity contribution in [2.75, 3.05) is 6.54 Å². The molecule has 0 aliphatic carbocycles. The van der Waals surface area contributed by atoms with E-state index in [-0.39, 0.29) is 6.54 Å². The molecule has 3 N–H and O–H groups in total. The first kappa shape index (κ1) is 12.0. The number of rotatable bonds is 5. The van der Waals surface area contributed by atoms with Crippen LogP contribution < -0.4 is 5.32 Å². The van der Waals surface area contributed by atoms with Gasteiger partial charge in [0, 0.05) is 24.8 Å². The third-order valence-corrected chi connectivity index (χ3v) is 2.59. The molecule has 1 heterocycles. The maximum atomic E-state index is 12.0. The molecule has 1 unspecified atom stereocenters. The third kappa shape index (κ3) is 3.01. The van der Waals surface area contributed by atoms with Crippen molar-refractivity contribution >= 4 is 10.9 Å². The molecule has 0 saturated carbocycles. The summed E-state index contributed by atoms with van der Waals surface area (Å²) in [6.45, 7) is 0.355. The molecule has 0 aliphatic heterocycles. The molecule has 17 heavy (non-hydrogen) atoms. The number of H-pyrrole nitrogens is 1. The van der Waals surface area contributed by atoms with Crippen LogP contribution in [0.15, 0.2) is 30.5 Å². The minimum absolute atomic E-state index is 0.108. The molecule has 92 valence electrons. The van der Waals surface area contributed by atoms with E-state index in [1.54, 1.807) is 0 Å². The van der Waals surface area contributed by atoms with E-state index >= 15 is 0 Å². The van der Waals surface area contributed by atoms with E-state index in [1.807, 2.05) is 30.5 Å². The number of fused-ring (bicyclic) bond motifs is 1. The van der Waals surface area contributed by atoms with Gasteiger partial charge in [0.2, 0.25) is 0 Å². The van der Waals surface area contributed by atoms with Gasteiger partial charge in [-0.1, -0.05) is 6.07 Å². The van der Waals surface area contributed by atoms with E-state index in [9.17, 15) is 8.78 Å². The number of hydrogen-bond donors (Lipinski definition) is 3. The predicted octanol–water partition coefficient (Wildman–Crippen LogP) is 1.88. The summed E-state index contributed by atoms with van der Waals surface area (Å²) in [5, 5.41) is 12.8. The highest BCUT2D eigenvalue weighted by molar-refractivity contribution is 5.79. The molecule has 0 radical (unpaired) electrons. The molecule has 0 spiro atoms. The van der Waals surface area contributed by atoms with Crippen molar-refractivity contribution < 1.29 is 13.9 Å². The number of benzene rings is 1. The molecule has 2 aromatic rings. The zero-order valence-corrected chi connectivity index (χ0v) is 9.16. The van der Waals surface area contributed by atoms with Crippen molar-refractivity contribution in [1.29, 1.82) is 0 Å². The standard InChI is InChI=1S/C12H14F2N2O/c13-12(14)11(17)7-15-6-8-1-2-10-9(5-8)3-4-16-10/h1-5,11-12,15-17H,6-7H2. The zero-order chi connectivity index (χ0) is 12.3. The van der Waals surface area contributed by atoms with Gasteiger partial charge in [0.25, 0.3) is 6.43 Å². The van der Waals surface area contributed by atoms with E-state index in [1.165, 1.54) is 0 Å². The lowest BCUT2D eigenvalue weighted by molar-refractivity contribution is -0.00340. The Morgan fingerprint density at radius 3 is 2.88 bits per heavy atom. The number of aromatic amines is 1. The molecule has 0 amide bonds. The van der Waals surface area contributed by atoms with Gasteiger partial charge in [-0.3, -0.25) is 0 Å². The highest BCUT2D eigenvalue weighted by atomic mass is 19.3. The highest BCUT2D eigenvalue weighted by Gasteiger charge is 2.15. The quantitative estimate of drug-likeness (QED) is 0.747. The Morgan fingerprint density at radius 1 is 1.29 bits per heavy atom. The summed E-state index contributed by atoms with van der Waals surface area (Å²) in [5.41, 5.74) is 2.04. The number of alkyl halides is 2. The van der Waals surface area contributed by atoms with Crippen molar-refractivity contribution in [2.45, 2.75) is 19.1 Å². The lowest BCUT2D eigenvalue weighted by atomic mass is 10.1. The summed E-state index contributed by atoms with van der Waals surface area (Å²) in [6, 6.07) is 7.79. The monoisotopic (exact) mass is 240 g/mol. The van der Waals surface area contributed by atoms with Gasteiger partial charge in [0.05, 0.1) is 0 Å². The highest BCUT2D eigenvalue weighted by Crippen LogP contribution is 2.14. The maximum Gasteiger partial charge on any atom is 0.265 e. The van der Waals surface area contributed by atoms with E-state index in [2.05, 4.69) is 10.3 Å². The Morgan fingerprint density at radius 2 is 2.12 bits per heavy atom. The fourth-order valence-corrected chi connectivity index (χ4v) is 1.67. The molecule has 1 aromatic heterocycles. The van der Waals surface area contributed by atoms with Crippen molar-refractivity contribution in [1.82, 2.24) is 10.3 Å². The first-order chi connectivity index (χ1) is 8.16. The molecule has 0 fully saturated rings. The normalized spacial score (nSPS) is 13.4. The number of halogens is 2. The van der Waals surface area contributed by atoms with Crippen LogP contribution in [0.1, 0.15) is 5.56 Å². The fraction of sp³-hybridized carbons (Fsp3) is 0.333.